The van der Waals surface area contributed by atoms with Crippen molar-refractivity contribution in [3.8, 4) is 0 Å². The van der Waals surface area contributed by atoms with Gasteiger partial charge in [-0.3, -0.25) is 9.80 Å². The summed E-state index contributed by atoms with van der Waals surface area (Å²) in [4.78, 5) is 5.29. The second kappa shape index (κ2) is 4.42. The van der Waals surface area contributed by atoms with Crippen molar-refractivity contribution >= 4 is 0 Å². The first kappa shape index (κ1) is 13.5. The topological polar surface area (TPSA) is 30.5 Å². The van der Waals surface area contributed by atoms with Crippen molar-refractivity contribution in [1.82, 2.24) is 20.4 Å². The molecule has 4 fully saturated rings. The van der Waals surface area contributed by atoms with Crippen molar-refractivity contribution in [2.45, 2.75) is 56.8 Å². The summed E-state index contributed by atoms with van der Waals surface area (Å²) in [5, 5.41) is 7.36. The van der Waals surface area contributed by atoms with Crippen LogP contribution in [0.5, 0.6) is 0 Å². The lowest BCUT2D eigenvalue weighted by Crippen LogP contribution is -2.82. The molecular weight excluding hydrogens is 248 g/mol. The van der Waals surface area contributed by atoms with Gasteiger partial charge in [0.25, 0.3) is 0 Å². The Bertz CT molecular complexity index is 376. The highest BCUT2D eigenvalue weighted by Crippen LogP contribution is 2.41. The van der Waals surface area contributed by atoms with E-state index in [4.69, 9.17) is 0 Å². The predicted molar refractivity (Wildman–Crippen MR) is 81.9 cm³/mol. The van der Waals surface area contributed by atoms with Gasteiger partial charge in [-0.15, -0.1) is 0 Å². The molecule has 4 rings (SSSR count). The standard InChI is InChI=1S/C16H30N4/c1-12(2)19-10-16(11-19)14(7-18-16)6-13(3)20-8-15(9-20)4-5-17-15/h12-14,17-18H,4-11H2,1-3H3. The zero-order valence-corrected chi connectivity index (χ0v) is 13.3. The van der Waals surface area contributed by atoms with E-state index in [2.05, 4.69) is 41.2 Å². The molecule has 0 aromatic carbocycles. The first-order valence-corrected chi connectivity index (χ1v) is 8.50. The number of likely N-dealkylation sites (tertiary alicyclic amines) is 2. The lowest BCUT2D eigenvalue weighted by molar-refractivity contribution is -0.0918. The fourth-order valence-electron chi connectivity index (χ4n) is 4.61. The second-order valence-corrected chi connectivity index (χ2v) is 8.18. The molecular formula is C16H30N4. The Morgan fingerprint density at radius 2 is 1.75 bits per heavy atom. The summed E-state index contributed by atoms with van der Waals surface area (Å²) in [7, 11) is 0. The Balaban J connectivity index is 1.26. The number of nitrogens with zero attached hydrogens (tertiary/aromatic N) is 2. The van der Waals surface area contributed by atoms with E-state index in [-0.39, 0.29) is 0 Å². The van der Waals surface area contributed by atoms with Gasteiger partial charge in [-0.2, -0.15) is 0 Å². The number of hydrogen-bond acceptors (Lipinski definition) is 4. The SMILES string of the molecule is CC(C)N1CC2(C1)NCC2CC(C)N1CC2(CCN2)C1. The van der Waals surface area contributed by atoms with Crippen LogP contribution in [0.25, 0.3) is 0 Å². The van der Waals surface area contributed by atoms with E-state index in [1.165, 1.54) is 52.1 Å². The van der Waals surface area contributed by atoms with Crippen LogP contribution in [0.3, 0.4) is 0 Å². The van der Waals surface area contributed by atoms with E-state index in [1.54, 1.807) is 0 Å². The molecule has 0 aromatic heterocycles. The lowest BCUT2D eigenvalue weighted by Gasteiger charge is -2.64. The van der Waals surface area contributed by atoms with Crippen LogP contribution < -0.4 is 10.6 Å². The van der Waals surface area contributed by atoms with Crippen molar-refractivity contribution in [1.29, 1.82) is 0 Å². The molecule has 0 bridgehead atoms. The first-order valence-electron chi connectivity index (χ1n) is 8.50. The van der Waals surface area contributed by atoms with E-state index in [0.29, 0.717) is 17.1 Å². The van der Waals surface area contributed by atoms with Gasteiger partial charge in [0.05, 0.1) is 0 Å². The van der Waals surface area contributed by atoms with E-state index in [1.807, 2.05) is 0 Å². The smallest absolute Gasteiger partial charge is 0.0479 e. The third-order valence-electron chi connectivity index (χ3n) is 6.55. The fourth-order valence-corrected chi connectivity index (χ4v) is 4.61. The summed E-state index contributed by atoms with van der Waals surface area (Å²) in [6, 6.07) is 1.47. The minimum Gasteiger partial charge on any atom is -0.309 e. The van der Waals surface area contributed by atoms with Gasteiger partial charge in [-0.1, -0.05) is 0 Å². The minimum atomic E-state index is 0.482. The molecule has 4 nitrogen and oxygen atoms in total. The minimum absolute atomic E-state index is 0.482. The molecule has 114 valence electrons. The average molecular weight is 278 g/mol. The highest BCUT2D eigenvalue weighted by atomic mass is 15.3. The second-order valence-electron chi connectivity index (χ2n) is 8.18. The van der Waals surface area contributed by atoms with Gasteiger partial charge in [-0.25, -0.2) is 0 Å². The molecule has 4 saturated heterocycles. The van der Waals surface area contributed by atoms with Crippen LogP contribution in [-0.4, -0.2) is 72.2 Å². The Hall–Kier alpha value is -0.160. The van der Waals surface area contributed by atoms with Gasteiger partial charge in [0.2, 0.25) is 0 Å². The molecule has 4 heterocycles. The van der Waals surface area contributed by atoms with Gasteiger partial charge in [0.1, 0.15) is 0 Å². The van der Waals surface area contributed by atoms with Crippen LogP contribution in [-0.2, 0) is 0 Å². The molecule has 0 aliphatic carbocycles. The molecule has 2 spiro atoms. The molecule has 2 atom stereocenters. The van der Waals surface area contributed by atoms with Gasteiger partial charge in [0.15, 0.2) is 0 Å². The summed E-state index contributed by atoms with van der Waals surface area (Å²) in [6.07, 6.45) is 2.78. The van der Waals surface area contributed by atoms with Gasteiger partial charge >= 0.3 is 0 Å². The third kappa shape index (κ3) is 1.88. The Morgan fingerprint density at radius 3 is 2.20 bits per heavy atom. The van der Waals surface area contributed by atoms with Crippen molar-refractivity contribution < 1.29 is 0 Å². The first-order chi connectivity index (χ1) is 9.52. The van der Waals surface area contributed by atoms with Crippen molar-refractivity contribution in [3.63, 3.8) is 0 Å². The summed E-state index contributed by atoms with van der Waals surface area (Å²) in [6.45, 7) is 14.7. The molecule has 0 aromatic rings. The Morgan fingerprint density at radius 1 is 1.05 bits per heavy atom. The summed E-state index contributed by atoms with van der Waals surface area (Å²) in [5.74, 6) is 0.901. The quantitative estimate of drug-likeness (QED) is 0.784. The van der Waals surface area contributed by atoms with Crippen LogP contribution in [0.15, 0.2) is 0 Å². The lowest BCUT2D eigenvalue weighted by atomic mass is 9.67. The normalized spacial score (nSPS) is 36.3. The van der Waals surface area contributed by atoms with Gasteiger partial charge in [-0.05, 0) is 46.1 Å². The number of rotatable bonds is 4. The van der Waals surface area contributed by atoms with Gasteiger partial charge < -0.3 is 10.6 Å². The number of hydrogen-bond donors (Lipinski definition) is 2. The molecule has 2 unspecified atom stereocenters. The highest BCUT2D eigenvalue weighted by molar-refractivity contribution is 5.16. The zero-order valence-electron chi connectivity index (χ0n) is 13.3. The average Bonchev–Trinajstić information content (AvgIpc) is 2.18. The van der Waals surface area contributed by atoms with Crippen LogP contribution in [0.1, 0.15) is 33.6 Å². The highest BCUT2D eigenvalue weighted by Gasteiger charge is 2.56. The molecule has 4 aliphatic heterocycles. The van der Waals surface area contributed by atoms with Crippen molar-refractivity contribution in [2.24, 2.45) is 5.92 Å². The molecule has 20 heavy (non-hydrogen) atoms. The summed E-state index contributed by atoms with van der Waals surface area (Å²) < 4.78 is 0. The van der Waals surface area contributed by atoms with E-state index >= 15 is 0 Å². The van der Waals surface area contributed by atoms with Crippen LogP contribution in [0.2, 0.25) is 0 Å². The maximum absolute atomic E-state index is 3.74. The zero-order chi connectivity index (χ0) is 14.0. The fraction of sp³-hybridized carbons (Fsp3) is 1.00. The predicted octanol–water partition coefficient (Wildman–Crippen LogP) is 0.495. The van der Waals surface area contributed by atoms with E-state index < -0.39 is 0 Å². The van der Waals surface area contributed by atoms with Gasteiger partial charge in [0, 0.05) is 55.9 Å². The largest absolute Gasteiger partial charge is 0.309 e. The Kier molecular flexibility index (Phi) is 2.98. The molecule has 4 aliphatic rings. The van der Waals surface area contributed by atoms with E-state index in [0.717, 1.165) is 12.0 Å². The summed E-state index contributed by atoms with van der Waals surface area (Å²) in [5.41, 5.74) is 1.02. The monoisotopic (exact) mass is 278 g/mol. The van der Waals surface area contributed by atoms with Crippen molar-refractivity contribution in [3.05, 3.63) is 0 Å². The van der Waals surface area contributed by atoms with Crippen LogP contribution >= 0.6 is 0 Å². The molecule has 4 heteroatoms. The van der Waals surface area contributed by atoms with E-state index in [9.17, 15) is 0 Å². The molecule has 0 amide bonds. The molecule has 0 saturated carbocycles. The summed E-state index contributed by atoms with van der Waals surface area (Å²) >= 11 is 0. The molecule has 0 radical (unpaired) electrons. The maximum atomic E-state index is 3.74. The Labute approximate surface area is 123 Å². The number of nitrogens with one attached hydrogen (secondary N) is 2. The third-order valence-corrected chi connectivity index (χ3v) is 6.55. The van der Waals surface area contributed by atoms with Crippen LogP contribution in [0, 0.1) is 5.92 Å². The maximum Gasteiger partial charge on any atom is 0.0479 e. The molecule has 2 N–H and O–H groups in total. The van der Waals surface area contributed by atoms with Crippen molar-refractivity contribution in [2.75, 3.05) is 39.3 Å². The van der Waals surface area contributed by atoms with Crippen LogP contribution in [0.4, 0.5) is 0 Å².